The predicted octanol–water partition coefficient (Wildman–Crippen LogP) is 1.84. The van der Waals surface area contributed by atoms with Crippen LogP contribution in [0.25, 0.3) is 0 Å². The summed E-state index contributed by atoms with van der Waals surface area (Å²) in [5.41, 5.74) is 2.23. The molecule has 2 heteroatoms. The first kappa shape index (κ1) is 11.3. The van der Waals surface area contributed by atoms with Crippen LogP contribution in [0, 0.1) is 13.8 Å². The van der Waals surface area contributed by atoms with Crippen LogP contribution in [0.15, 0.2) is 48.5 Å². The molecule has 0 radical (unpaired) electrons. The Morgan fingerprint density at radius 2 is 1.12 bits per heavy atom. The van der Waals surface area contributed by atoms with E-state index in [1.807, 2.05) is 62.4 Å². The molecular weight excluding hydrogens is 263 g/mol. The van der Waals surface area contributed by atoms with Crippen LogP contribution in [0.4, 0.5) is 0 Å². The molecule has 2 aromatic rings. The molecule has 2 aromatic carbocycles. The van der Waals surface area contributed by atoms with Crippen LogP contribution >= 0.6 is 0 Å². The van der Waals surface area contributed by atoms with E-state index in [1.165, 1.54) is 0 Å². The third-order valence-electron chi connectivity index (χ3n) is 2.59. The first-order valence-corrected chi connectivity index (χ1v) is 7.64. The topological polar surface area (TPSA) is 17.1 Å². The van der Waals surface area contributed by atoms with Crippen molar-refractivity contribution in [2.75, 3.05) is 0 Å². The zero-order chi connectivity index (χ0) is 11.5. The fourth-order valence-electron chi connectivity index (χ4n) is 1.65. The molecule has 0 aliphatic rings. The van der Waals surface area contributed by atoms with Crippen molar-refractivity contribution in [1.82, 2.24) is 0 Å². The zero-order valence-corrected chi connectivity index (χ0v) is 11.1. The van der Waals surface area contributed by atoms with Gasteiger partial charge in [0.15, 0.2) is 0 Å². The standard InChI is InChI=1S/C14H14OSe/c1-11-7-3-5-9-13(11)16(15)14-10-6-4-8-12(14)2/h3-10H,1-2H3. The van der Waals surface area contributed by atoms with Crippen molar-refractivity contribution in [3.8, 4) is 0 Å². The van der Waals surface area contributed by atoms with Gasteiger partial charge in [0.05, 0.1) is 0 Å². The summed E-state index contributed by atoms with van der Waals surface area (Å²) in [6.45, 7) is 4.03. The Balaban J connectivity index is 2.48. The summed E-state index contributed by atoms with van der Waals surface area (Å²) in [6, 6.07) is 15.8. The van der Waals surface area contributed by atoms with E-state index >= 15 is 0 Å². The summed E-state index contributed by atoms with van der Waals surface area (Å²) < 4.78 is 14.5. The Labute approximate surface area is 100 Å². The zero-order valence-electron chi connectivity index (χ0n) is 9.44. The van der Waals surface area contributed by atoms with Gasteiger partial charge in [-0.05, 0) is 0 Å². The molecule has 0 fully saturated rings. The summed E-state index contributed by atoms with van der Waals surface area (Å²) in [5.74, 6) is 0. The van der Waals surface area contributed by atoms with E-state index in [-0.39, 0.29) is 0 Å². The fraction of sp³-hybridized carbons (Fsp3) is 0.143. The molecule has 0 unspecified atom stereocenters. The molecule has 0 spiro atoms. The quantitative estimate of drug-likeness (QED) is 0.766. The van der Waals surface area contributed by atoms with Crippen molar-refractivity contribution in [3.63, 3.8) is 0 Å². The van der Waals surface area contributed by atoms with Gasteiger partial charge in [-0.1, -0.05) is 0 Å². The maximum atomic E-state index is 12.5. The summed E-state index contributed by atoms with van der Waals surface area (Å²) in [5, 5.41) is 0. The van der Waals surface area contributed by atoms with E-state index in [9.17, 15) is 3.83 Å². The summed E-state index contributed by atoms with van der Waals surface area (Å²) >= 11 is -2.10. The molecule has 1 nitrogen and oxygen atoms in total. The van der Waals surface area contributed by atoms with E-state index in [0.29, 0.717) is 0 Å². The van der Waals surface area contributed by atoms with Gasteiger partial charge >= 0.3 is 100 Å². The molecule has 0 atom stereocenters. The second-order valence-electron chi connectivity index (χ2n) is 3.80. The molecule has 0 bridgehead atoms. The number of rotatable bonds is 2. The molecule has 82 valence electrons. The Bertz CT molecular complexity index is 484. The van der Waals surface area contributed by atoms with Crippen LogP contribution in [-0.2, 0) is 3.83 Å². The molecular formula is C14H14OSe. The number of benzene rings is 2. The summed E-state index contributed by atoms with van der Waals surface area (Å²) in [7, 11) is 0. The average Bonchev–Trinajstić information content (AvgIpc) is 2.29. The molecule has 16 heavy (non-hydrogen) atoms. The Morgan fingerprint density at radius 1 is 0.750 bits per heavy atom. The third-order valence-corrected chi connectivity index (χ3v) is 6.18. The summed E-state index contributed by atoms with van der Waals surface area (Å²) in [6.07, 6.45) is 0. The van der Waals surface area contributed by atoms with Crippen LogP contribution < -0.4 is 8.92 Å². The van der Waals surface area contributed by atoms with Gasteiger partial charge in [-0.25, -0.2) is 0 Å². The third kappa shape index (κ3) is 2.13. The van der Waals surface area contributed by atoms with Gasteiger partial charge in [0.2, 0.25) is 0 Å². The molecule has 0 heterocycles. The van der Waals surface area contributed by atoms with Crippen LogP contribution in [0.5, 0.6) is 0 Å². The predicted molar refractivity (Wildman–Crippen MR) is 68.1 cm³/mol. The van der Waals surface area contributed by atoms with E-state index in [4.69, 9.17) is 0 Å². The van der Waals surface area contributed by atoms with Gasteiger partial charge in [0.1, 0.15) is 0 Å². The van der Waals surface area contributed by atoms with Crippen LogP contribution in [0.2, 0.25) is 0 Å². The Hall–Kier alpha value is -1.24. The van der Waals surface area contributed by atoms with Crippen molar-refractivity contribution < 1.29 is 3.83 Å². The normalized spacial score (nSPS) is 10.7. The minimum atomic E-state index is -2.10. The Morgan fingerprint density at radius 3 is 1.50 bits per heavy atom. The molecule has 0 N–H and O–H groups in total. The molecule has 0 aliphatic carbocycles. The van der Waals surface area contributed by atoms with Gasteiger partial charge in [-0.3, -0.25) is 0 Å². The molecule has 0 amide bonds. The Kier molecular flexibility index (Phi) is 3.33. The van der Waals surface area contributed by atoms with Crippen molar-refractivity contribution in [3.05, 3.63) is 59.7 Å². The van der Waals surface area contributed by atoms with Crippen molar-refractivity contribution in [1.29, 1.82) is 0 Å². The first-order chi connectivity index (χ1) is 7.70. The number of aryl methyl sites for hydroxylation is 2. The van der Waals surface area contributed by atoms with E-state index in [0.717, 1.165) is 20.1 Å². The number of hydrogen-bond donors (Lipinski definition) is 0. The van der Waals surface area contributed by atoms with Gasteiger partial charge in [-0.15, -0.1) is 0 Å². The molecule has 0 saturated heterocycles. The van der Waals surface area contributed by atoms with Crippen molar-refractivity contribution >= 4 is 22.8 Å². The van der Waals surface area contributed by atoms with Crippen LogP contribution in [0.3, 0.4) is 0 Å². The first-order valence-electron chi connectivity index (χ1n) is 5.23. The van der Waals surface area contributed by atoms with Gasteiger partial charge in [0.25, 0.3) is 0 Å². The molecule has 0 aliphatic heterocycles. The van der Waals surface area contributed by atoms with E-state index < -0.39 is 13.8 Å². The van der Waals surface area contributed by atoms with Gasteiger partial charge < -0.3 is 0 Å². The molecule has 2 rings (SSSR count). The van der Waals surface area contributed by atoms with Crippen LogP contribution in [0.1, 0.15) is 11.1 Å². The molecule has 0 aromatic heterocycles. The summed E-state index contributed by atoms with van der Waals surface area (Å²) in [4.78, 5) is 0. The fourth-order valence-corrected chi connectivity index (χ4v) is 4.51. The van der Waals surface area contributed by atoms with E-state index in [2.05, 4.69) is 0 Å². The van der Waals surface area contributed by atoms with Crippen molar-refractivity contribution in [2.24, 2.45) is 0 Å². The average molecular weight is 277 g/mol. The molecule has 0 saturated carbocycles. The minimum absolute atomic E-state index is 0.997. The van der Waals surface area contributed by atoms with E-state index in [1.54, 1.807) is 0 Å². The van der Waals surface area contributed by atoms with Crippen LogP contribution in [-0.4, -0.2) is 13.8 Å². The van der Waals surface area contributed by atoms with Gasteiger partial charge in [0, 0.05) is 0 Å². The van der Waals surface area contributed by atoms with Crippen molar-refractivity contribution in [2.45, 2.75) is 13.8 Å². The van der Waals surface area contributed by atoms with Gasteiger partial charge in [-0.2, -0.15) is 0 Å². The monoisotopic (exact) mass is 278 g/mol. The SMILES string of the molecule is Cc1ccccc1[Se](=O)c1ccccc1C. The second kappa shape index (κ2) is 4.73. The number of hydrogen-bond acceptors (Lipinski definition) is 1. The second-order valence-corrected chi connectivity index (χ2v) is 6.77. The maximum absolute atomic E-state index is 12.5.